The second kappa shape index (κ2) is 10.1. The smallest absolute Gasteiger partial charge is 0.417 e. The molecule has 0 saturated carbocycles. The van der Waals surface area contributed by atoms with Crippen molar-refractivity contribution in [3.05, 3.63) is 58.5 Å². The van der Waals surface area contributed by atoms with Crippen molar-refractivity contribution in [2.75, 3.05) is 44.2 Å². The molecule has 1 aromatic carbocycles. The Labute approximate surface area is 185 Å². The number of alkyl carbamates (subject to hydrolysis) is 1. The summed E-state index contributed by atoms with van der Waals surface area (Å²) in [4.78, 5) is 31.3. The summed E-state index contributed by atoms with van der Waals surface area (Å²) >= 11 is 5.99. The number of hydrogen-bond donors (Lipinski definition) is 1. The lowest BCUT2D eigenvalue weighted by Gasteiger charge is -2.35. The van der Waals surface area contributed by atoms with Gasteiger partial charge in [0.05, 0.1) is 10.6 Å². The molecular formula is C20H19ClF4N4O3. The van der Waals surface area contributed by atoms with Gasteiger partial charge < -0.3 is 9.64 Å². The van der Waals surface area contributed by atoms with E-state index in [1.165, 1.54) is 12.1 Å². The number of amides is 2. The van der Waals surface area contributed by atoms with E-state index in [9.17, 15) is 27.2 Å². The number of hydrogen-bond acceptors (Lipinski definition) is 6. The lowest BCUT2D eigenvalue weighted by Crippen LogP contribution is -2.48. The maximum Gasteiger partial charge on any atom is 0.417 e. The molecule has 3 rings (SSSR count). The van der Waals surface area contributed by atoms with Gasteiger partial charge in [0, 0.05) is 44.5 Å². The van der Waals surface area contributed by atoms with Crippen LogP contribution in [0, 0.1) is 5.82 Å². The van der Waals surface area contributed by atoms with Crippen LogP contribution in [0.5, 0.6) is 0 Å². The zero-order valence-corrected chi connectivity index (χ0v) is 17.4. The lowest BCUT2D eigenvalue weighted by molar-refractivity contribution is -0.137. The number of ether oxygens (including phenoxy) is 1. The van der Waals surface area contributed by atoms with Crippen LogP contribution in [0.1, 0.15) is 15.9 Å². The minimum atomic E-state index is -4.51. The third kappa shape index (κ3) is 6.30. The van der Waals surface area contributed by atoms with Crippen LogP contribution in [-0.4, -0.2) is 61.2 Å². The van der Waals surface area contributed by atoms with Crippen molar-refractivity contribution in [2.24, 2.45) is 0 Å². The number of carbonyl (C=O) groups excluding carboxylic acids is 2. The minimum absolute atomic E-state index is 0.0296. The Morgan fingerprint density at radius 1 is 1.12 bits per heavy atom. The number of halogens is 5. The molecule has 0 spiro atoms. The Hall–Kier alpha value is -2.92. The summed E-state index contributed by atoms with van der Waals surface area (Å²) in [5.74, 6) is -0.917. The summed E-state index contributed by atoms with van der Waals surface area (Å²) in [5, 5.41) is 1.98. The molecule has 2 aromatic rings. The van der Waals surface area contributed by atoms with E-state index in [1.807, 2.05) is 4.90 Å². The average Bonchev–Trinajstić information content (AvgIpc) is 2.74. The second-order valence-electron chi connectivity index (χ2n) is 6.95. The first-order valence-electron chi connectivity index (χ1n) is 9.57. The number of carbonyl (C=O) groups is 2. The molecular weight excluding hydrogens is 456 g/mol. The van der Waals surface area contributed by atoms with E-state index >= 15 is 0 Å². The molecule has 0 unspecified atom stereocenters. The summed E-state index contributed by atoms with van der Waals surface area (Å²) in [7, 11) is 0. The minimum Gasteiger partial charge on any atom is -0.448 e. The fraction of sp³-hybridized carbons (Fsp3) is 0.350. The first-order chi connectivity index (χ1) is 15.1. The highest BCUT2D eigenvalue weighted by molar-refractivity contribution is 6.33. The quantitative estimate of drug-likeness (QED) is 0.668. The fourth-order valence-electron chi connectivity index (χ4n) is 3.07. The Morgan fingerprint density at radius 2 is 1.78 bits per heavy atom. The van der Waals surface area contributed by atoms with Gasteiger partial charge in [-0.2, -0.15) is 13.2 Å². The molecule has 0 radical (unpaired) electrons. The van der Waals surface area contributed by atoms with Gasteiger partial charge in [0.25, 0.3) is 5.91 Å². The fourth-order valence-corrected chi connectivity index (χ4v) is 3.36. The van der Waals surface area contributed by atoms with Crippen LogP contribution in [0.2, 0.25) is 5.02 Å². The van der Waals surface area contributed by atoms with Crippen LogP contribution in [0.15, 0.2) is 36.5 Å². The molecule has 32 heavy (non-hydrogen) atoms. The van der Waals surface area contributed by atoms with Gasteiger partial charge in [0.15, 0.2) is 0 Å². The molecule has 1 aromatic heterocycles. The molecule has 172 valence electrons. The number of rotatable bonds is 5. The SMILES string of the molecule is O=C(NC(=O)c1ccc(F)cc1)OCCN1CCN(c2ncc(C(F)(F)F)cc2Cl)CC1. The third-order valence-electron chi connectivity index (χ3n) is 4.78. The van der Waals surface area contributed by atoms with Crippen LogP contribution in [-0.2, 0) is 10.9 Å². The van der Waals surface area contributed by atoms with Crippen molar-refractivity contribution < 1.29 is 31.9 Å². The van der Waals surface area contributed by atoms with Crippen LogP contribution in [0.25, 0.3) is 0 Å². The van der Waals surface area contributed by atoms with Crippen molar-refractivity contribution in [2.45, 2.75) is 6.18 Å². The zero-order chi connectivity index (χ0) is 23.3. The second-order valence-corrected chi connectivity index (χ2v) is 7.36. The normalized spacial score (nSPS) is 14.8. The van der Waals surface area contributed by atoms with Crippen molar-refractivity contribution in [1.29, 1.82) is 0 Å². The maximum atomic E-state index is 12.9. The van der Waals surface area contributed by atoms with Crippen molar-refractivity contribution in [3.8, 4) is 0 Å². The summed E-state index contributed by atoms with van der Waals surface area (Å²) in [6, 6.07) is 5.56. The van der Waals surface area contributed by atoms with Crippen LogP contribution in [0.4, 0.5) is 28.2 Å². The molecule has 1 aliphatic rings. The summed E-state index contributed by atoms with van der Waals surface area (Å²) in [5.41, 5.74) is -0.784. The lowest BCUT2D eigenvalue weighted by atomic mass is 10.2. The van der Waals surface area contributed by atoms with Gasteiger partial charge in [-0.25, -0.2) is 14.2 Å². The molecule has 1 saturated heterocycles. The molecule has 1 aliphatic heterocycles. The molecule has 1 N–H and O–H groups in total. The molecule has 2 heterocycles. The van der Waals surface area contributed by atoms with E-state index in [1.54, 1.807) is 4.90 Å². The number of nitrogens with one attached hydrogen (secondary N) is 1. The van der Waals surface area contributed by atoms with Crippen molar-refractivity contribution in [3.63, 3.8) is 0 Å². The molecule has 12 heteroatoms. The summed E-state index contributed by atoms with van der Waals surface area (Å²) < 4.78 is 56.1. The van der Waals surface area contributed by atoms with E-state index < -0.39 is 29.6 Å². The summed E-state index contributed by atoms with van der Waals surface area (Å²) in [6.45, 7) is 2.50. The van der Waals surface area contributed by atoms with E-state index in [-0.39, 0.29) is 23.0 Å². The van der Waals surface area contributed by atoms with E-state index in [0.717, 1.165) is 24.4 Å². The maximum absolute atomic E-state index is 12.9. The number of pyridine rings is 1. The Balaban J connectivity index is 1.40. The standard InChI is InChI=1S/C20H19ClF4N4O3/c21-16-11-14(20(23,24)25)12-26-17(16)29-7-5-28(6-8-29)9-10-32-19(31)27-18(30)13-1-3-15(22)4-2-13/h1-4,11-12H,5-10H2,(H,27,30,31). The van der Waals surface area contributed by atoms with Crippen LogP contribution < -0.4 is 10.2 Å². The number of alkyl halides is 3. The molecule has 1 fully saturated rings. The molecule has 0 bridgehead atoms. The predicted octanol–water partition coefficient (Wildman–Crippen LogP) is 3.58. The van der Waals surface area contributed by atoms with Crippen molar-refractivity contribution in [1.82, 2.24) is 15.2 Å². The molecule has 7 nitrogen and oxygen atoms in total. The van der Waals surface area contributed by atoms with Gasteiger partial charge in [-0.1, -0.05) is 11.6 Å². The van der Waals surface area contributed by atoms with Gasteiger partial charge in [0.2, 0.25) is 0 Å². The van der Waals surface area contributed by atoms with Gasteiger partial charge in [-0.05, 0) is 30.3 Å². The molecule has 0 aliphatic carbocycles. The molecule has 2 amide bonds. The van der Waals surface area contributed by atoms with Crippen molar-refractivity contribution >= 4 is 29.4 Å². The monoisotopic (exact) mass is 474 g/mol. The summed E-state index contributed by atoms with van der Waals surface area (Å²) in [6.07, 6.45) is -4.67. The highest BCUT2D eigenvalue weighted by Gasteiger charge is 2.32. The first kappa shape index (κ1) is 23.7. The Kier molecular flexibility index (Phi) is 7.52. The van der Waals surface area contributed by atoms with Crippen LogP contribution in [0.3, 0.4) is 0 Å². The Bertz CT molecular complexity index is 964. The first-order valence-corrected chi connectivity index (χ1v) is 9.95. The number of piperazine rings is 1. The number of imide groups is 1. The predicted molar refractivity (Wildman–Crippen MR) is 108 cm³/mol. The number of benzene rings is 1. The number of anilines is 1. The van der Waals surface area contributed by atoms with Gasteiger partial charge in [-0.3, -0.25) is 15.0 Å². The van der Waals surface area contributed by atoms with Gasteiger partial charge in [0.1, 0.15) is 18.2 Å². The van der Waals surface area contributed by atoms with Gasteiger partial charge >= 0.3 is 12.3 Å². The van der Waals surface area contributed by atoms with Crippen LogP contribution >= 0.6 is 11.6 Å². The number of aromatic nitrogens is 1. The largest absolute Gasteiger partial charge is 0.448 e. The van der Waals surface area contributed by atoms with E-state index in [4.69, 9.17) is 16.3 Å². The highest BCUT2D eigenvalue weighted by Crippen LogP contribution is 2.33. The average molecular weight is 475 g/mol. The Morgan fingerprint density at radius 3 is 2.38 bits per heavy atom. The van der Waals surface area contributed by atoms with E-state index in [2.05, 4.69) is 10.3 Å². The topological polar surface area (TPSA) is 74.8 Å². The number of nitrogens with zero attached hydrogens (tertiary/aromatic N) is 3. The van der Waals surface area contributed by atoms with E-state index in [0.29, 0.717) is 32.7 Å². The third-order valence-corrected chi connectivity index (χ3v) is 5.06. The highest BCUT2D eigenvalue weighted by atomic mass is 35.5. The molecule has 0 atom stereocenters. The van der Waals surface area contributed by atoms with Gasteiger partial charge in [-0.15, -0.1) is 0 Å². The zero-order valence-electron chi connectivity index (χ0n) is 16.7.